The van der Waals surface area contributed by atoms with Gasteiger partial charge in [-0.1, -0.05) is 0 Å². The number of carboxylic acid groups (broad SMARTS) is 1. The van der Waals surface area contributed by atoms with Gasteiger partial charge in [-0.05, 0) is 38.1 Å². The van der Waals surface area contributed by atoms with E-state index < -0.39 is 45.0 Å². The molecule has 1 aromatic rings. The zero-order valence-corrected chi connectivity index (χ0v) is 14.4. The number of carbonyl (C=O) groups is 3. The number of benzene rings is 1. The molecular weight excluding hydrogens is 410 g/mol. The summed E-state index contributed by atoms with van der Waals surface area (Å²) in [5.74, 6) is -7.88. The number of alkyl halides is 6. The van der Waals surface area contributed by atoms with Crippen LogP contribution in [0, 0.1) is 0 Å². The van der Waals surface area contributed by atoms with Crippen LogP contribution in [-0.4, -0.2) is 48.7 Å². The summed E-state index contributed by atoms with van der Waals surface area (Å²) in [5, 5.41) is 8.13. The molecule has 1 N–H and O–H groups in total. The SMILES string of the molecule is CC(C)S(=O)(=O)c1ccc(C(=O)O)cc1.O=C(C(=O)C(F)(F)F)C(F)(F)F. The van der Waals surface area contributed by atoms with Crippen LogP contribution in [0.1, 0.15) is 24.2 Å². The van der Waals surface area contributed by atoms with Crippen molar-refractivity contribution in [2.24, 2.45) is 0 Å². The van der Waals surface area contributed by atoms with Gasteiger partial charge in [-0.2, -0.15) is 26.3 Å². The Morgan fingerprint density at radius 3 is 1.41 bits per heavy atom. The fraction of sp³-hybridized carbons (Fsp3) is 0.357. The highest BCUT2D eigenvalue weighted by Crippen LogP contribution is 2.24. The largest absolute Gasteiger partial charge is 0.478 e. The minimum absolute atomic E-state index is 0.0812. The normalized spacial score (nSPS) is 12.2. The molecule has 0 heterocycles. The van der Waals surface area contributed by atoms with E-state index in [1.54, 1.807) is 13.8 Å². The number of hydrogen-bond acceptors (Lipinski definition) is 5. The van der Waals surface area contributed by atoms with E-state index in [1.807, 2.05) is 0 Å². The molecule has 0 unspecified atom stereocenters. The Morgan fingerprint density at radius 2 is 1.19 bits per heavy atom. The fourth-order valence-electron chi connectivity index (χ4n) is 1.32. The van der Waals surface area contributed by atoms with Crippen LogP contribution in [0.25, 0.3) is 0 Å². The lowest BCUT2D eigenvalue weighted by atomic mass is 10.2. The van der Waals surface area contributed by atoms with E-state index in [0.29, 0.717) is 0 Å². The van der Waals surface area contributed by atoms with Gasteiger partial charge in [-0.25, -0.2) is 13.2 Å². The number of Topliss-reactive ketones (excluding diaryl/α,β-unsaturated/α-hetero) is 2. The first-order chi connectivity index (χ1) is 11.9. The third-order valence-electron chi connectivity index (χ3n) is 2.77. The third-order valence-corrected chi connectivity index (χ3v) is 4.94. The third kappa shape index (κ3) is 7.00. The van der Waals surface area contributed by atoms with Crippen molar-refractivity contribution in [1.82, 2.24) is 0 Å². The first-order valence-electron chi connectivity index (χ1n) is 6.72. The number of halogens is 6. The van der Waals surface area contributed by atoms with Crippen LogP contribution in [0.4, 0.5) is 26.3 Å². The van der Waals surface area contributed by atoms with E-state index in [9.17, 15) is 49.1 Å². The van der Waals surface area contributed by atoms with Gasteiger partial charge in [0, 0.05) is 0 Å². The second kappa shape index (κ2) is 8.50. The van der Waals surface area contributed by atoms with Gasteiger partial charge in [0.15, 0.2) is 9.84 Å². The van der Waals surface area contributed by atoms with E-state index in [-0.39, 0.29) is 10.5 Å². The zero-order chi connectivity index (χ0) is 21.8. The fourth-order valence-corrected chi connectivity index (χ4v) is 2.38. The molecule has 13 heteroatoms. The van der Waals surface area contributed by atoms with Gasteiger partial charge in [0.05, 0.1) is 15.7 Å². The van der Waals surface area contributed by atoms with Crippen molar-refractivity contribution in [2.75, 3.05) is 0 Å². The van der Waals surface area contributed by atoms with Gasteiger partial charge in [-0.3, -0.25) is 9.59 Å². The number of rotatable bonds is 4. The highest BCUT2D eigenvalue weighted by molar-refractivity contribution is 7.92. The summed E-state index contributed by atoms with van der Waals surface area (Å²) in [5.41, 5.74) is 0.0812. The molecule has 0 aromatic heterocycles. The van der Waals surface area contributed by atoms with Crippen LogP contribution in [0.5, 0.6) is 0 Å². The second-order valence-electron chi connectivity index (χ2n) is 5.08. The Labute approximate surface area is 148 Å². The van der Waals surface area contributed by atoms with E-state index in [0.717, 1.165) is 0 Å². The first-order valence-corrected chi connectivity index (χ1v) is 8.27. The van der Waals surface area contributed by atoms with Crippen molar-refractivity contribution in [3.05, 3.63) is 29.8 Å². The van der Waals surface area contributed by atoms with E-state index in [4.69, 9.17) is 5.11 Å². The molecule has 0 amide bonds. The maximum atomic E-state index is 11.7. The molecule has 0 saturated heterocycles. The summed E-state index contributed by atoms with van der Waals surface area (Å²) in [6.07, 6.45) is -11.5. The number of aromatic carboxylic acids is 1. The molecule has 1 aromatic carbocycles. The molecule has 1 rings (SSSR count). The number of carbonyl (C=O) groups excluding carboxylic acids is 2. The van der Waals surface area contributed by atoms with Crippen LogP contribution in [0.3, 0.4) is 0 Å². The summed E-state index contributed by atoms with van der Waals surface area (Å²) < 4.78 is 90.3. The lowest BCUT2D eigenvalue weighted by Crippen LogP contribution is -2.39. The number of ketones is 2. The average Bonchev–Trinajstić information content (AvgIpc) is 2.52. The molecule has 0 aliphatic heterocycles. The lowest BCUT2D eigenvalue weighted by molar-refractivity contribution is -0.193. The molecule has 0 aliphatic carbocycles. The van der Waals surface area contributed by atoms with Crippen molar-refractivity contribution in [1.29, 1.82) is 0 Å². The monoisotopic (exact) mass is 422 g/mol. The van der Waals surface area contributed by atoms with Crippen LogP contribution >= 0.6 is 0 Å². The quantitative estimate of drug-likeness (QED) is 0.591. The van der Waals surface area contributed by atoms with E-state index >= 15 is 0 Å². The van der Waals surface area contributed by atoms with Crippen molar-refractivity contribution < 1.29 is 54.3 Å². The lowest BCUT2D eigenvalue weighted by Gasteiger charge is -2.07. The first kappa shape index (κ1) is 24.6. The van der Waals surface area contributed by atoms with Crippen molar-refractivity contribution in [3.8, 4) is 0 Å². The number of hydrogen-bond donors (Lipinski definition) is 1. The minimum Gasteiger partial charge on any atom is -0.478 e. The van der Waals surface area contributed by atoms with Crippen molar-refractivity contribution >= 4 is 27.4 Å². The highest BCUT2D eigenvalue weighted by atomic mass is 32.2. The van der Waals surface area contributed by atoms with Crippen LogP contribution in [0.15, 0.2) is 29.2 Å². The van der Waals surface area contributed by atoms with Gasteiger partial charge in [0.25, 0.3) is 0 Å². The molecule has 0 atom stereocenters. The maximum absolute atomic E-state index is 11.7. The van der Waals surface area contributed by atoms with Gasteiger partial charge in [0.2, 0.25) is 0 Å². The predicted octanol–water partition coefficient (Wildman–Crippen LogP) is 2.82. The Morgan fingerprint density at radius 1 is 0.852 bits per heavy atom. The molecule has 27 heavy (non-hydrogen) atoms. The molecule has 152 valence electrons. The molecule has 0 spiro atoms. The summed E-state index contributed by atoms with van der Waals surface area (Å²) >= 11 is 0. The molecule has 0 radical (unpaired) electrons. The van der Waals surface area contributed by atoms with Crippen molar-refractivity contribution in [2.45, 2.75) is 36.3 Å². The Kier molecular flexibility index (Phi) is 7.73. The predicted molar refractivity (Wildman–Crippen MR) is 77.8 cm³/mol. The van der Waals surface area contributed by atoms with Crippen LogP contribution in [-0.2, 0) is 19.4 Å². The molecule has 6 nitrogen and oxygen atoms in total. The van der Waals surface area contributed by atoms with E-state index in [2.05, 4.69) is 0 Å². The van der Waals surface area contributed by atoms with Crippen LogP contribution < -0.4 is 0 Å². The van der Waals surface area contributed by atoms with Crippen molar-refractivity contribution in [3.63, 3.8) is 0 Å². The molecular formula is C14H12F6O6S. The molecule has 0 saturated carbocycles. The molecule has 0 bridgehead atoms. The van der Waals surface area contributed by atoms with Crippen LogP contribution in [0.2, 0.25) is 0 Å². The molecule has 0 aliphatic rings. The summed E-state index contributed by atoms with van der Waals surface area (Å²) in [6.45, 7) is 3.17. The van der Waals surface area contributed by atoms with Gasteiger partial charge in [-0.15, -0.1) is 0 Å². The topological polar surface area (TPSA) is 106 Å². The average molecular weight is 422 g/mol. The minimum atomic E-state index is -5.77. The smallest absolute Gasteiger partial charge is 0.458 e. The summed E-state index contributed by atoms with van der Waals surface area (Å²) in [6, 6.07) is 5.22. The van der Waals surface area contributed by atoms with Gasteiger partial charge in [0.1, 0.15) is 0 Å². The Hall–Kier alpha value is -2.44. The number of carboxylic acids is 1. The Balaban J connectivity index is 0.000000516. The number of sulfone groups is 1. The van der Waals surface area contributed by atoms with Gasteiger partial charge >= 0.3 is 29.9 Å². The maximum Gasteiger partial charge on any atom is 0.458 e. The Bertz CT molecular complexity index is 782. The summed E-state index contributed by atoms with van der Waals surface area (Å²) in [7, 11) is -3.31. The molecule has 0 fully saturated rings. The van der Waals surface area contributed by atoms with Gasteiger partial charge < -0.3 is 5.11 Å². The highest BCUT2D eigenvalue weighted by Gasteiger charge is 2.54. The van der Waals surface area contributed by atoms with E-state index in [1.165, 1.54) is 24.3 Å². The summed E-state index contributed by atoms with van der Waals surface area (Å²) in [4.78, 5) is 29.9. The standard InChI is InChI=1S/C10H12O4S.C4F6O2/c1-7(2)15(13,14)9-5-3-8(4-6-9)10(11)12;5-3(6,7)1(11)2(12)4(8,9)10/h3-7H,1-2H3,(H,11,12);. The zero-order valence-electron chi connectivity index (χ0n) is 13.6. The second-order valence-corrected chi connectivity index (χ2v) is 7.58.